The normalized spacial score (nSPS) is 11.6. The Labute approximate surface area is 115 Å². The highest BCUT2D eigenvalue weighted by molar-refractivity contribution is 6.00. The summed E-state index contributed by atoms with van der Waals surface area (Å²) in [6, 6.07) is 5.26. The molecule has 0 saturated carbocycles. The molecule has 0 atom stereocenters. The Kier molecular flexibility index (Phi) is 4.78. The van der Waals surface area contributed by atoms with E-state index in [9.17, 15) is 4.79 Å². The number of amides is 1. The van der Waals surface area contributed by atoms with Crippen LogP contribution in [-0.2, 0) is 0 Å². The molecule has 106 valence electrons. The van der Waals surface area contributed by atoms with Gasteiger partial charge in [-0.2, -0.15) is 0 Å². The highest BCUT2D eigenvalue weighted by Crippen LogP contribution is 2.24. The van der Waals surface area contributed by atoms with Crippen LogP contribution in [0.5, 0.6) is 0 Å². The summed E-state index contributed by atoms with van der Waals surface area (Å²) in [4.78, 5) is 13.4. The molecule has 5 N–H and O–H groups in total. The molecule has 0 spiro atoms. The first-order valence-electron chi connectivity index (χ1n) is 6.30. The van der Waals surface area contributed by atoms with Gasteiger partial charge in [-0.1, -0.05) is 19.9 Å². The second kappa shape index (κ2) is 5.93. The third-order valence-electron chi connectivity index (χ3n) is 2.87. The van der Waals surface area contributed by atoms with E-state index in [4.69, 9.17) is 11.5 Å². The average Bonchev–Trinajstić information content (AvgIpc) is 2.25. The molecule has 0 aromatic heterocycles. The molecule has 5 heteroatoms. The smallest absolute Gasteiger partial charge is 0.250 e. The fourth-order valence-electron chi connectivity index (χ4n) is 2.18. The van der Waals surface area contributed by atoms with Crippen LogP contribution in [-0.4, -0.2) is 38.0 Å². The summed E-state index contributed by atoms with van der Waals surface area (Å²) in [6.45, 7) is 6.06. The third kappa shape index (κ3) is 4.44. The number of nitrogen functional groups attached to an aromatic ring is 1. The first-order chi connectivity index (χ1) is 8.73. The summed E-state index contributed by atoms with van der Waals surface area (Å²) in [5.41, 5.74) is 12.8. The molecule has 0 heterocycles. The zero-order valence-corrected chi connectivity index (χ0v) is 12.2. The summed E-state index contributed by atoms with van der Waals surface area (Å²) >= 11 is 0. The topological polar surface area (TPSA) is 84.4 Å². The van der Waals surface area contributed by atoms with Gasteiger partial charge in [-0.3, -0.25) is 4.79 Å². The van der Waals surface area contributed by atoms with Crippen molar-refractivity contribution in [3.8, 4) is 0 Å². The first-order valence-corrected chi connectivity index (χ1v) is 6.30. The van der Waals surface area contributed by atoms with Gasteiger partial charge in [-0.15, -0.1) is 0 Å². The number of carbonyl (C=O) groups is 1. The van der Waals surface area contributed by atoms with E-state index in [1.165, 1.54) is 0 Å². The van der Waals surface area contributed by atoms with E-state index < -0.39 is 5.91 Å². The lowest BCUT2D eigenvalue weighted by Gasteiger charge is -2.29. The lowest BCUT2D eigenvalue weighted by atomic mass is 9.92. The highest BCUT2D eigenvalue weighted by atomic mass is 16.1. The van der Waals surface area contributed by atoms with E-state index in [0.717, 1.165) is 18.8 Å². The second-order valence-corrected chi connectivity index (χ2v) is 5.89. The number of primary amides is 1. The van der Waals surface area contributed by atoms with Gasteiger partial charge in [0.25, 0.3) is 5.91 Å². The fourth-order valence-corrected chi connectivity index (χ4v) is 2.18. The Morgan fingerprint density at radius 3 is 2.53 bits per heavy atom. The number of nitrogens with two attached hydrogens (primary N) is 2. The van der Waals surface area contributed by atoms with E-state index in [1.807, 2.05) is 20.2 Å². The molecule has 1 amide bonds. The Hall–Kier alpha value is -1.75. The van der Waals surface area contributed by atoms with Crippen LogP contribution in [0.3, 0.4) is 0 Å². The highest BCUT2D eigenvalue weighted by Gasteiger charge is 2.19. The number of hydrogen-bond donors (Lipinski definition) is 3. The predicted molar refractivity (Wildman–Crippen MR) is 80.2 cm³/mol. The molecule has 0 radical (unpaired) electrons. The summed E-state index contributed by atoms with van der Waals surface area (Å²) in [5.74, 6) is -0.506. The molecule has 1 aromatic rings. The molecule has 0 aliphatic rings. The van der Waals surface area contributed by atoms with Crippen molar-refractivity contribution in [3.05, 3.63) is 23.8 Å². The fraction of sp³-hybridized carbons (Fsp3) is 0.500. The van der Waals surface area contributed by atoms with Gasteiger partial charge in [-0.05, 0) is 31.6 Å². The van der Waals surface area contributed by atoms with Crippen molar-refractivity contribution in [3.63, 3.8) is 0 Å². The number of nitrogens with one attached hydrogen (secondary N) is 1. The molecule has 0 fully saturated rings. The van der Waals surface area contributed by atoms with Gasteiger partial charge >= 0.3 is 0 Å². The first kappa shape index (κ1) is 15.3. The van der Waals surface area contributed by atoms with Gasteiger partial charge in [-0.25, -0.2) is 0 Å². The lowest BCUT2D eigenvalue weighted by molar-refractivity contribution is 0.100. The van der Waals surface area contributed by atoms with Crippen LogP contribution in [0.2, 0.25) is 0 Å². The van der Waals surface area contributed by atoms with Crippen molar-refractivity contribution < 1.29 is 4.79 Å². The number of hydrogen-bond acceptors (Lipinski definition) is 4. The van der Waals surface area contributed by atoms with E-state index in [2.05, 4.69) is 24.1 Å². The van der Waals surface area contributed by atoms with Gasteiger partial charge in [0, 0.05) is 13.1 Å². The minimum Gasteiger partial charge on any atom is -0.396 e. The monoisotopic (exact) mass is 264 g/mol. The molecule has 0 unspecified atom stereocenters. The maximum Gasteiger partial charge on any atom is 0.250 e. The van der Waals surface area contributed by atoms with Crippen molar-refractivity contribution in [2.45, 2.75) is 13.8 Å². The molecule has 0 aliphatic carbocycles. The zero-order valence-electron chi connectivity index (χ0n) is 12.2. The van der Waals surface area contributed by atoms with Crippen LogP contribution < -0.4 is 16.8 Å². The summed E-state index contributed by atoms with van der Waals surface area (Å²) in [7, 11) is 4.09. The third-order valence-corrected chi connectivity index (χ3v) is 2.87. The Morgan fingerprint density at radius 2 is 2.00 bits per heavy atom. The van der Waals surface area contributed by atoms with E-state index >= 15 is 0 Å². The molecule has 0 saturated heterocycles. The second-order valence-electron chi connectivity index (χ2n) is 5.89. The number of anilines is 2. The maximum absolute atomic E-state index is 11.2. The van der Waals surface area contributed by atoms with Gasteiger partial charge in [0.05, 0.1) is 16.9 Å². The number of nitrogens with zero attached hydrogens (tertiary/aromatic N) is 1. The lowest BCUT2D eigenvalue weighted by Crippen LogP contribution is -2.34. The van der Waals surface area contributed by atoms with Crippen LogP contribution in [0.4, 0.5) is 11.4 Å². The molecule has 0 bridgehead atoms. The van der Waals surface area contributed by atoms with Crippen molar-refractivity contribution in [2.75, 3.05) is 38.2 Å². The average molecular weight is 264 g/mol. The van der Waals surface area contributed by atoms with Gasteiger partial charge in [0.2, 0.25) is 0 Å². The molecule has 1 rings (SSSR count). The van der Waals surface area contributed by atoms with E-state index in [0.29, 0.717) is 11.3 Å². The maximum atomic E-state index is 11.2. The summed E-state index contributed by atoms with van der Waals surface area (Å²) in [6.07, 6.45) is 0. The SMILES string of the molecule is CN(C)CC(C)(C)CNc1cccc(C(N)=O)c1N. The Morgan fingerprint density at radius 1 is 1.37 bits per heavy atom. The van der Waals surface area contributed by atoms with Crippen LogP contribution in [0, 0.1) is 5.41 Å². The van der Waals surface area contributed by atoms with Crippen molar-refractivity contribution in [1.29, 1.82) is 0 Å². The molecule has 19 heavy (non-hydrogen) atoms. The number of para-hydroxylation sites is 1. The molecule has 5 nitrogen and oxygen atoms in total. The summed E-state index contributed by atoms with van der Waals surface area (Å²) in [5, 5.41) is 3.29. The molecular weight excluding hydrogens is 240 g/mol. The van der Waals surface area contributed by atoms with Gasteiger partial charge in [0.15, 0.2) is 0 Å². The summed E-state index contributed by atoms with van der Waals surface area (Å²) < 4.78 is 0. The number of benzene rings is 1. The molecule has 1 aromatic carbocycles. The molecule has 0 aliphatic heterocycles. The van der Waals surface area contributed by atoms with Crippen molar-refractivity contribution in [1.82, 2.24) is 4.90 Å². The Balaban J connectivity index is 2.78. The van der Waals surface area contributed by atoms with Crippen molar-refractivity contribution >= 4 is 17.3 Å². The Bertz CT molecular complexity index is 455. The quantitative estimate of drug-likeness (QED) is 0.677. The zero-order chi connectivity index (χ0) is 14.6. The van der Waals surface area contributed by atoms with Crippen molar-refractivity contribution in [2.24, 2.45) is 11.1 Å². The minimum absolute atomic E-state index is 0.0959. The standard InChI is InChI=1S/C14H24N4O/c1-14(2,9-18(3)4)8-17-11-7-5-6-10(12(11)15)13(16)19/h5-7,17H,8-9,15H2,1-4H3,(H2,16,19). The van der Waals surface area contributed by atoms with Crippen LogP contribution in [0.25, 0.3) is 0 Å². The van der Waals surface area contributed by atoms with Crippen LogP contribution in [0.15, 0.2) is 18.2 Å². The van der Waals surface area contributed by atoms with E-state index in [-0.39, 0.29) is 5.41 Å². The number of rotatable bonds is 6. The minimum atomic E-state index is -0.506. The van der Waals surface area contributed by atoms with E-state index in [1.54, 1.807) is 12.1 Å². The van der Waals surface area contributed by atoms with Crippen LogP contribution >= 0.6 is 0 Å². The largest absolute Gasteiger partial charge is 0.396 e. The predicted octanol–water partition coefficient (Wildman–Crippen LogP) is 1.37. The van der Waals surface area contributed by atoms with Crippen LogP contribution in [0.1, 0.15) is 24.2 Å². The van der Waals surface area contributed by atoms with Gasteiger partial charge < -0.3 is 21.7 Å². The number of carbonyl (C=O) groups excluding carboxylic acids is 1. The van der Waals surface area contributed by atoms with Gasteiger partial charge in [0.1, 0.15) is 0 Å². The molecular formula is C14H24N4O.